The molecule has 3 amide bonds. The Kier molecular flexibility index (Phi) is 5.10. The second kappa shape index (κ2) is 7.63. The lowest BCUT2D eigenvalue weighted by atomic mass is 9.99. The molecule has 1 aromatic heterocycles. The Morgan fingerprint density at radius 1 is 1.17 bits per heavy atom. The molecule has 1 aromatic carbocycles. The van der Waals surface area contributed by atoms with E-state index in [1.807, 2.05) is 23.1 Å². The maximum atomic E-state index is 12.2. The van der Waals surface area contributed by atoms with Crippen LogP contribution < -0.4 is 10.6 Å². The minimum Gasteiger partial charge on any atom is -0.349 e. The Hall–Kier alpha value is -2.83. The van der Waals surface area contributed by atoms with Crippen LogP contribution in [0, 0.1) is 0 Å². The fourth-order valence-electron chi connectivity index (χ4n) is 2.88. The van der Waals surface area contributed by atoms with E-state index in [1.165, 1.54) is 11.8 Å². The van der Waals surface area contributed by atoms with E-state index >= 15 is 0 Å². The highest BCUT2D eigenvalue weighted by molar-refractivity contribution is 5.92. The zero-order valence-corrected chi connectivity index (χ0v) is 13.4. The summed E-state index contributed by atoms with van der Waals surface area (Å²) < 4.78 is 0. The predicted octanol–water partition coefficient (Wildman–Crippen LogP) is 1.34. The van der Waals surface area contributed by atoms with E-state index in [4.69, 9.17) is 0 Å². The zero-order chi connectivity index (χ0) is 16.8. The monoisotopic (exact) mass is 327 g/mol. The van der Waals surface area contributed by atoms with E-state index in [9.17, 15) is 9.59 Å². The Morgan fingerprint density at radius 3 is 2.71 bits per heavy atom. The molecule has 0 radical (unpaired) electrons. The quantitative estimate of drug-likeness (QED) is 0.724. The number of likely N-dealkylation sites (tertiary alicyclic amines) is 1. The van der Waals surface area contributed by atoms with Gasteiger partial charge in [-0.05, 0) is 18.1 Å². The van der Waals surface area contributed by atoms with Crippen molar-refractivity contribution in [2.75, 3.05) is 26.2 Å². The van der Waals surface area contributed by atoms with Crippen LogP contribution in [0.4, 0.5) is 4.79 Å². The molecule has 1 aliphatic heterocycles. The van der Waals surface area contributed by atoms with E-state index in [0.29, 0.717) is 24.7 Å². The molecular formula is C17H21N5O2. The minimum atomic E-state index is -0.230. The summed E-state index contributed by atoms with van der Waals surface area (Å²) in [5, 5.41) is 11.9. The highest BCUT2D eigenvalue weighted by Gasteiger charge is 2.26. The van der Waals surface area contributed by atoms with Crippen LogP contribution >= 0.6 is 0 Å². The number of urea groups is 1. The highest BCUT2D eigenvalue weighted by atomic mass is 16.2. The van der Waals surface area contributed by atoms with E-state index in [2.05, 4.69) is 33.0 Å². The lowest BCUT2D eigenvalue weighted by molar-refractivity contribution is 0.0948. The molecule has 0 unspecified atom stereocenters. The molecule has 7 nitrogen and oxygen atoms in total. The first-order valence-electron chi connectivity index (χ1n) is 8.09. The van der Waals surface area contributed by atoms with Crippen molar-refractivity contribution in [1.29, 1.82) is 0 Å². The Balaban J connectivity index is 1.38. The topological polar surface area (TPSA) is 90.1 Å². The van der Waals surface area contributed by atoms with Crippen molar-refractivity contribution in [2.45, 2.75) is 12.3 Å². The molecule has 3 rings (SSSR count). The number of hydrogen-bond donors (Lipinski definition) is 3. The summed E-state index contributed by atoms with van der Waals surface area (Å²) >= 11 is 0. The van der Waals surface area contributed by atoms with Crippen LogP contribution in [0.5, 0.6) is 0 Å². The molecule has 7 heteroatoms. The summed E-state index contributed by atoms with van der Waals surface area (Å²) in [6, 6.07) is 11.8. The normalized spacial score (nSPS) is 16.8. The van der Waals surface area contributed by atoms with Gasteiger partial charge >= 0.3 is 6.03 Å². The van der Waals surface area contributed by atoms with Crippen molar-refractivity contribution in [3.05, 3.63) is 53.9 Å². The van der Waals surface area contributed by atoms with Gasteiger partial charge in [-0.3, -0.25) is 9.89 Å². The smallest absolute Gasteiger partial charge is 0.317 e. The van der Waals surface area contributed by atoms with Crippen LogP contribution in [0.25, 0.3) is 0 Å². The third-order valence-corrected chi connectivity index (χ3v) is 4.18. The largest absolute Gasteiger partial charge is 0.349 e. The van der Waals surface area contributed by atoms with Crippen LogP contribution in [0.3, 0.4) is 0 Å². The third-order valence-electron chi connectivity index (χ3n) is 4.18. The van der Waals surface area contributed by atoms with Gasteiger partial charge in [-0.1, -0.05) is 30.3 Å². The SMILES string of the molecule is O=C(NCCNC(=O)N1CC[C@@H](c2ccccc2)C1)c1ccn[nH]1. The zero-order valence-electron chi connectivity index (χ0n) is 13.4. The van der Waals surface area contributed by atoms with Gasteiger partial charge in [0.05, 0.1) is 0 Å². The minimum absolute atomic E-state index is 0.0794. The first-order valence-corrected chi connectivity index (χ1v) is 8.09. The van der Waals surface area contributed by atoms with Gasteiger partial charge < -0.3 is 15.5 Å². The van der Waals surface area contributed by atoms with Crippen molar-refractivity contribution >= 4 is 11.9 Å². The summed E-state index contributed by atoms with van der Waals surface area (Å²) in [5.41, 5.74) is 1.69. The number of nitrogens with zero attached hydrogens (tertiary/aromatic N) is 2. The first-order chi connectivity index (χ1) is 11.7. The molecule has 1 atom stereocenters. The lowest BCUT2D eigenvalue weighted by Crippen LogP contribution is -2.42. The number of carbonyl (C=O) groups excluding carboxylic acids is 2. The number of rotatable bonds is 5. The van der Waals surface area contributed by atoms with Gasteiger partial charge in [0.1, 0.15) is 5.69 Å². The lowest BCUT2D eigenvalue weighted by Gasteiger charge is -2.17. The molecule has 1 fully saturated rings. The molecule has 1 saturated heterocycles. The van der Waals surface area contributed by atoms with Crippen LogP contribution in [0.1, 0.15) is 28.4 Å². The molecule has 1 aliphatic rings. The van der Waals surface area contributed by atoms with Gasteiger partial charge in [0, 0.05) is 38.3 Å². The summed E-state index contributed by atoms with van der Waals surface area (Å²) in [6.45, 7) is 2.26. The van der Waals surface area contributed by atoms with Crippen molar-refractivity contribution in [3.63, 3.8) is 0 Å². The second-order valence-corrected chi connectivity index (χ2v) is 5.80. The van der Waals surface area contributed by atoms with Gasteiger partial charge in [0.2, 0.25) is 0 Å². The van der Waals surface area contributed by atoms with Gasteiger partial charge in [-0.25, -0.2) is 4.79 Å². The third kappa shape index (κ3) is 3.92. The van der Waals surface area contributed by atoms with Crippen LogP contribution in [0.2, 0.25) is 0 Å². The summed E-state index contributed by atoms with van der Waals surface area (Å²) in [6.07, 6.45) is 2.50. The maximum absolute atomic E-state index is 12.2. The van der Waals surface area contributed by atoms with Crippen molar-refractivity contribution in [2.24, 2.45) is 0 Å². The molecule has 126 valence electrons. The van der Waals surface area contributed by atoms with Crippen LogP contribution in [0.15, 0.2) is 42.6 Å². The summed E-state index contributed by atoms with van der Waals surface area (Å²) in [5.74, 6) is 0.170. The number of amides is 3. The standard InChI is InChI=1S/C17H21N5O2/c23-16(15-6-8-20-21-15)18-9-10-19-17(24)22-11-7-14(12-22)13-4-2-1-3-5-13/h1-6,8,14H,7,9-12H2,(H,18,23)(H,19,24)(H,20,21)/t14-/m1/s1. The molecule has 0 bridgehead atoms. The van der Waals surface area contributed by atoms with Gasteiger partial charge in [0.25, 0.3) is 5.91 Å². The number of aromatic nitrogens is 2. The number of aromatic amines is 1. The number of H-pyrrole nitrogens is 1. The fraction of sp³-hybridized carbons (Fsp3) is 0.353. The Labute approximate surface area is 140 Å². The van der Waals surface area contributed by atoms with Crippen molar-refractivity contribution in [1.82, 2.24) is 25.7 Å². The molecule has 24 heavy (non-hydrogen) atoms. The number of nitrogens with one attached hydrogen (secondary N) is 3. The molecule has 2 aromatic rings. The van der Waals surface area contributed by atoms with E-state index < -0.39 is 0 Å². The molecule has 0 spiro atoms. The average Bonchev–Trinajstić information content (AvgIpc) is 3.31. The number of benzene rings is 1. The Bertz CT molecular complexity index is 672. The maximum Gasteiger partial charge on any atom is 0.317 e. The first kappa shape index (κ1) is 16.0. The second-order valence-electron chi connectivity index (χ2n) is 5.80. The van der Waals surface area contributed by atoms with Crippen molar-refractivity contribution < 1.29 is 9.59 Å². The number of hydrogen-bond acceptors (Lipinski definition) is 3. The van der Waals surface area contributed by atoms with E-state index in [1.54, 1.807) is 6.07 Å². The van der Waals surface area contributed by atoms with Crippen LogP contribution in [-0.4, -0.2) is 53.2 Å². The van der Waals surface area contributed by atoms with Gasteiger partial charge in [0.15, 0.2) is 0 Å². The molecule has 0 aliphatic carbocycles. The highest BCUT2D eigenvalue weighted by Crippen LogP contribution is 2.26. The van der Waals surface area contributed by atoms with Gasteiger partial charge in [-0.2, -0.15) is 5.10 Å². The average molecular weight is 327 g/mol. The van der Waals surface area contributed by atoms with Gasteiger partial charge in [-0.15, -0.1) is 0 Å². The Morgan fingerprint density at radius 2 is 1.96 bits per heavy atom. The molecular weight excluding hydrogens is 306 g/mol. The van der Waals surface area contributed by atoms with Crippen LogP contribution in [-0.2, 0) is 0 Å². The molecule has 0 saturated carbocycles. The van der Waals surface area contributed by atoms with E-state index in [0.717, 1.165) is 19.5 Å². The van der Waals surface area contributed by atoms with E-state index in [-0.39, 0.29) is 11.9 Å². The fourth-order valence-corrected chi connectivity index (χ4v) is 2.88. The molecule has 3 N–H and O–H groups in total. The van der Waals surface area contributed by atoms with Crippen molar-refractivity contribution in [3.8, 4) is 0 Å². The molecule has 2 heterocycles. The summed E-state index contributed by atoms with van der Waals surface area (Å²) in [4.78, 5) is 25.7. The number of carbonyl (C=O) groups is 2. The predicted molar refractivity (Wildman–Crippen MR) is 89.7 cm³/mol. The summed E-state index contributed by atoms with van der Waals surface area (Å²) in [7, 11) is 0.